The Morgan fingerprint density at radius 1 is 1.41 bits per heavy atom. The molecule has 0 aliphatic carbocycles. The van der Waals surface area contributed by atoms with Crippen molar-refractivity contribution in [2.45, 2.75) is 45.5 Å². The van der Waals surface area contributed by atoms with E-state index in [1.165, 1.54) is 6.07 Å². The maximum absolute atomic E-state index is 12.3. The predicted octanol–water partition coefficient (Wildman–Crippen LogP) is 2.68. The molecule has 1 unspecified atom stereocenters. The molecule has 7 heteroatoms. The summed E-state index contributed by atoms with van der Waals surface area (Å²) >= 11 is 0. The molecule has 0 aliphatic heterocycles. The summed E-state index contributed by atoms with van der Waals surface area (Å²) in [6.45, 7) is 2.37. The highest BCUT2D eigenvalue weighted by molar-refractivity contribution is 5.81. The van der Waals surface area contributed by atoms with Crippen molar-refractivity contribution in [3.05, 3.63) is 29.3 Å². The van der Waals surface area contributed by atoms with Crippen LogP contribution in [-0.2, 0) is 11.3 Å². The number of carbonyl (C=O) groups excluding carboxylic acids is 1. The van der Waals surface area contributed by atoms with Crippen molar-refractivity contribution in [2.75, 3.05) is 6.61 Å². The van der Waals surface area contributed by atoms with Crippen LogP contribution in [0.25, 0.3) is 0 Å². The molecule has 124 valence electrons. The normalized spacial score (nSPS) is 12.8. The van der Waals surface area contributed by atoms with Crippen LogP contribution in [0.1, 0.15) is 30.9 Å². The highest BCUT2D eigenvalue weighted by Crippen LogP contribution is 2.23. The van der Waals surface area contributed by atoms with Gasteiger partial charge in [0.15, 0.2) is 6.61 Å². The molecule has 1 rings (SSSR count). The summed E-state index contributed by atoms with van der Waals surface area (Å²) in [6, 6.07) is 4.27. The van der Waals surface area contributed by atoms with Crippen molar-refractivity contribution >= 4 is 5.91 Å². The quantitative estimate of drug-likeness (QED) is 0.812. The molecule has 1 aromatic rings. The molecule has 1 aromatic carbocycles. The molecular formula is C15H21F3N2O2. The van der Waals surface area contributed by atoms with E-state index in [2.05, 4.69) is 5.32 Å². The molecule has 1 amide bonds. The molecule has 0 saturated heterocycles. The number of halogens is 3. The zero-order valence-corrected chi connectivity index (χ0v) is 12.7. The van der Waals surface area contributed by atoms with Gasteiger partial charge in [-0.15, -0.1) is 0 Å². The number of aryl methyl sites for hydroxylation is 1. The van der Waals surface area contributed by atoms with E-state index in [0.29, 0.717) is 12.0 Å². The first kappa shape index (κ1) is 18.3. The van der Waals surface area contributed by atoms with Crippen LogP contribution in [0.4, 0.5) is 13.2 Å². The Hall–Kier alpha value is -1.76. The second kappa shape index (κ2) is 8.03. The van der Waals surface area contributed by atoms with Gasteiger partial charge in [-0.1, -0.05) is 25.5 Å². The summed E-state index contributed by atoms with van der Waals surface area (Å²) in [5.41, 5.74) is 6.93. The van der Waals surface area contributed by atoms with Gasteiger partial charge in [-0.25, -0.2) is 0 Å². The molecule has 0 bridgehead atoms. The number of amides is 1. The van der Waals surface area contributed by atoms with Gasteiger partial charge < -0.3 is 15.8 Å². The Balaban J connectivity index is 2.71. The summed E-state index contributed by atoms with van der Waals surface area (Å²) in [6.07, 6.45) is -3.08. The van der Waals surface area contributed by atoms with Gasteiger partial charge in [0.25, 0.3) is 0 Å². The maximum atomic E-state index is 12.3. The van der Waals surface area contributed by atoms with Crippen molar-refractivity contribution in [3.63, 3.8) is 0 Å². The molecule has 3 N–H and O–H groups in total. The number of rotatable bonds is 7. The first-order valence-electron chi connectivity index (χ1n) is 7.05. The lowest BCUT2D eigenvalue weighted by atomic mass is 10.1. The molecular weight excluding hydrogens is 297 g/mol. The summed E-state index contributed by atoms with van der Waals surface area (Å²) in [7, 11) is 0. The first-order chi connectivity index (χ1) is 10.2. The second-order valence-electron chi connectivity index (χ2n) is 5.13. The lowest BCUT2D eigenvalue weighted by molar-refractivity contribution is -0.153. The van der Waals surface area contributed by atoms with Crippen molar-refractivity contribution < 1.29 is 22.7 Å². The summed E-state index contributed by atoms with van der Waals surface area (Å²) in [5.74, 6) is -0.217. The molecule has 0 spiro atoms. The van der Waals surface area contributed by atoms with Gasteiger partial charge in [-0.2, -0.15) is 13.2 Å². The summed E-state index contributed by atoms with van der Waals surface area (Å²) in [5, 5.41) is 2.62. The Kier molecular flexibility index (Phi) is 6.67. The predicted molar refractivity (Wildman–Crippen MR) is 77.5 cm³/mol. The van der Waals surface area contributed by atoms with Crippen LogP contribution in [0.15, 0.2) is 18.2 Å². The van der Waals surface area contributed by atoms with Gasteiger partial charge in [0.2, 0.25) is 5.91 Å². The van der Waals surface area contributed by atoms with Crippen molar-refractivity contribution in [2.24, 2.45) is 5.73 Å². The number of benzene rings is 1. The minimum absolute atomic E-state index is 0.0731. The van der Waals surface area contributed by atoms with Gasteiger partial charge in [0.05, 0.1) is 6.04 Å². The van der Waals surface area contributed by atoms with Crippen LogP contribution in [0.3, 0.4) is 0 Å². The van der Waals surface area contributed by atoms with E-state index < -0.39 is 18.8 Å². The minimum Gasteiger partial charge on any atom is -0.484 e. The van der Waals surface area contributed by atoms with Crippen molar-refractivity contribution in [1.29, 1.82) is 0 Å². The molecule has 0 aromatic heterocycles. The second-order valence-corrected chi connectivity index (χ2v) is 5.13. The number of hydrogen-bond acceptors (Lipinski definition) is 3. The smallest absolute Gasteiger partial charge is 0.422 e. The molecule has 0 saturated carbocycles. The van der Waals surface area contributed by atoms with E-state index >= 15 is 0 Å². The van der Waals surface area contributed by atoms with Crippen LogP contribution >= 0.6 is 0 Å². The number of nitrogens with two attached hydrogens (primary N) is 1. The highest BCUT2D eigenvalue weighted by atomic mass is 19.4. The number of alkyl halides is 3. The van der Waals surface area contributed by atoms with E-state index in [4.69, 9.17) is 10.5 Å². The van der Waals surface area contributed by atoms with Crippen LogP contribution in [0.2, 0.25) is 0 Å². The topological polar surface area (TPSA) is 64.4 Å². The molecule has 0 fully saturated rings. The standard InChI is InChI=1S/C15H21F3N2O2/c1-3-4-12(19)14(21)20-8-11-6-5-10(2)7-13(11)22-9-15(16,17)18/h5-7,12H,3-4,8-9,19H2,1-2H3,(H,20,21). The number of nitrogens with one attached hydrogen (secondary N) is 1. The van der Waals surface area contributed by atoms with E-state index in [0.717, 1.165) is 12.0 Å². The molecule has 0 aliphatic rings. The van der Waals surface area contributed by atoms with Gasteiger partial charge in [-0.3, -0.25) is 4.79 Å². The lowest BCUT2D eigenvalue weighted by Gasteiger charge is -2.16. The third kappa shape index (κ3) is 6.34. The average molecular weight is 318 g/mol. The molecule has 0 radical (unpaired) electrons. The van der Waals surface area contributed by atoms with Crippen LogP contribution in [0, 0.1) is 6.92 Å². The highest BCUT2D eigenvalue weighted by Gasteiger charge is 2.28. The Morgan fingerprint density at radius 3 is 2.68 bits per heavy atom. The third-order valence-electron chi connectivity index (χ3n) is 3.00. The number of hydrogen-bond donors (Lipinski definition) is 2. The van der Waals surface area contributed by atoms with Gasteiger partial charge in [0.1, 0.15) is 5.75 Å². The van der Waals surface area contributed by atoms with Gasteiger partial charge in [0, 0.05) is 12.1 Å². The van der Waals surface area contributed by atoms with E-state index in [-0.39, 0.29) is 18.2 Å². The fourth-order valence-corrected chi connectivity index (χ4v) is 1.86. The zero-order valence-electron chi connectivity index (χ0n) is 12.7. The Morgan fingerprint density at radius 2 is 2.09 bits per heavy atom. The SMILES string of the molecule is CCCC(N)C(=O)NCc1ccc(C)cc1OCC(F)(F)F. The molecule has 1 atom stereocenters. The van der Waals surface area contributed by atoms with Crippen molar-refractivity contribution in [3.8, 4) is 5.75 Å². The minimum atomic E-state index is -4.41. The summed E-state index contributed by atoms with van der Waals surface area (Å²) in [4.78, 5) is 11.7. The average Bonchev–Trinajstić information content (AvgIpc) is 2.43. The number of carbonyl (C=O) groups is 1. The van der Waals surface area contributed by atoms with Gasteiger partial charge >= 0.3 is 6.18 Å². The van der Waals surface area contributed by atoms with Gasteiger partial charge in [-0.05, 0) is 25.0 Å². The monoisotopic (exact) mass is 318 g/mol. The molecule has 4 nitrogen and oxygen atoms in total. The zero-order chi connectivity index (χ0) is 16.8. The fourth-order valence-electron chi connectivity index (χ4n) is 1.86. The molecule has 22 heavy (non-hydrogen) atoms. The lowest BCUT2D eigenvalue weighted by Crippen LogP contribution is -2.40. The van der Waals surface area contributed by atoms with Crippen LogP contribution < -0.4 is 15.8 Å². The third-order valence-corrected chi connectivity index (χ3v) is 3.00. The van der Waals surface area contributed by atoms with E-state index in [9.17, 15) is 18.0 Å². The van der Waals surface area contributed by atoms with E-state index in [1.54, 1.807) is 19.1 Å². The van der Waals surface area contributed by atoms with Crippen molar-refractivity contribution in [1.82, 2.24) is 5.32 Å². The fraction of sp³-hybridized carbons (Fsp3) is 0.533. The maximum Gasteiger partial charge on any atom is 0.422 e. The molecule has 0 heterocycles. The largest absolute Gasteiger partial charge is 0.484 e. The van der Waals surface area contributed by atoms with Crippen LogP contribution in [0.5, 0.6) is 5.75 Å². The Labute approximate surface area is 127 Å². The Bertz CT molecular complexity index is 504. The van der Waals surface area contributed by atoms with E-state index in [1.807, 2.05) is 6.92 Å². The number of ether oxygens (including phenoxy) is 1. The first-order valence-corrected chi connectivity index (χ1v) is 7.05. The summed E-state index contributed by atoms with van der Waals surface area (Å²) < 4.78 is 41.6. The van der Waals surface area contributed by atoms with Crippen LogP contribution in [-0.4, -0.2) is 24.7 Å².